The van der Waals surface area contributed by atoms with Crippen LogP contribution in [0, 0.1) is 5.92 Å². The Balaban J connectivity index is 1.91. The molecule has 96 valence electrons. The summed E-state index contributed by atoms with van der Waals surface area (Å²) in [6.45, 7) is 0.723. The number of nitrogens with zero attached hydrogens (tertiary/aromatic N) is 3. The fraction of sp³-hybridized carbons (Fsp3) is 0.333. The first-order valence-electron chi connectivity index (χ1n) is 6.66. The molecule has 0 N–H and O–H groups in total. The molecule has 1 aromatic carbocycles. The van der Waals surface area contributed by atoms with Gasteiger partial charge in [0.15, 0.2) is 0 Å². The number of rotatable bonds is 1. The monoisotopic (exact) mass is 253 g/mol. The van der Waals surface area contributed by atoms with Crippen LogP contribution in [0.25, 0.3) is 11.3 Å². The molecule has 1 unspecified atom stereocenters. The SMILES string of the molecule is Cn1nc(-c2ccccc2)c2c1C1=NOCC1CC2. The van der Waals surface area contributed by atoms with Crippen LogP contribution in [0.2, 0.25) is 0 Å². The zero-order valence-corrected chi connectivity index (χ0v) is 10.8. The fourth-order valence-electron chi connectivity index (χ4n) is 3.08. The lowest BCUT2D eigenvalue weighted by atomic mass is 9.85. The number of benzene rings is 1. The number of aromatic nitrogens is 2. The zero-order valence-electron chi connectivity index (χ0n) is 10.8. The van der Waals surface area contributed by atoms with Gasteiger partial charge < -0.3 is 4.84 Å². The molecule has 1 aliphatic carbocycles. The van der Waals surface area contributed by atoms with Crippen molar-refractivity contribution < 1.29 is 4.84 Å². The van der Waals surface area contributed by atoms with E-state index < -0.39 is 0 Å². The van der Waals surface area contributed by atoms with E-state index in [1.807, 2.05) is 17.8 Å². The van der Waals surface area contributed by atoms with Gasteiger partial charge in [0.25, 0.3) is 0 Å². The van der Waals surface area contributed by atoms with Crippen molar-refractivity contribution in [2.45, 2.75) is 12.8 Å². The molecule has 19 heavy (non-hydrogen) atoms. The molecule has 0 amide bonds. The fourth-order valence-corrected chi connectivity index (χ4v) is 3.08. The van der Waals surface area contributed by atoms with Crippen molar-refractivity contribution >= 4 is 5.71 Å². The van der Waals surface area contributed by atoms with Crippen molar-refractivity contribution in [2.75, 3.05) is 6.61 Å². The highest BCUT2D eigenvalue weighted by atomic mass is 16.6. The highest BCUT2D eigenvalue weighted by Gasteiger charge is 2.35. The van der Waals surface area contributed by atoms with Gasteiger partial charge in [0.1, 0.15) is 12.3 Å². The Hall–Kier alpha value is -2.10. The average molecular weight is 253 g/mol. The average Bonchev–Trinajstić information content (AvgIpc) is 3.04. The van der Waals surface area contributed by atoms with E-state index in [2.05, 4.69) is 29.4 Å². The van der Waals surface area contributed by atoms with Gasteiger partial charge in [-0.15, -0.1) is 0 Å². The van der Waals surface area contributed by atoms with Crippen LogP contribution in [-0.4, -0.2) is 22.1 Å². The molecule has 2 aromatic rings. The van der Waals surface area contributed by atoms with Crippen LogP contribution in [0.15, 0.2) is 35.5 Å². The highest BCUT2D eigenvalue weighted by molar-refractivity contribution is 6.04. The van der Waals surface area contributed by atoms with Gasteiger partial charge in [0.2, 0.25) is 0 Å². The van der Waals surface area contributed by atoms with E-state index in [-0.39, 0.29) is 0 Å². The number of fused-ring (bicyclic) bond motifs is 3. The molecule has 1 atom stereocenters. The molecule has 0 bridgehead atoms. The van der Waals surface area contributed by atoms with Gasteiger partial charge in [-0.3, -0.25) is 4.68 Å². The molecule has 0 saturated heterocycles. The highest BCUT2D eigenvalue weighted by Crippen LogP contribution is 2.35. The Labute approximate surface area is 111 Å². The molecule has 0 fully saturated rings. The molecule has 1 aromatic heterocycles. The van der Waals surface area contributed by atoms with Crippen molar-refractivity contribution in [1.29, 1.82) is 0 Å². The Kier molecular flexibility index (Phi) is 2.24. The molecule has 2 heterocycles. The van der Waals surface area contributed by atoms with E-state index >= 15 is 0 Å². The number of aryl methyl sites for hydroxylation is 1. The third-order valence-corrected chi connectivity index (χ3v) is 4.00. The molecule has 4 nitrogen and oxygen atoms in total. The summed E-state index contributed by atoms with van der Waals surface area (Å²) in [6.07, 6.45) is 2.16. The van der Waals surface area contributed by atoms with Crippen LogP contribution < -0.4 is 0 Å². The summed E-state index contributed by atoms with van der Waals surface area (Å²) in [5.74, 6) is 0.450. The van der Waals surface area contributed by atoms with Gasteiger partial charge in [-0.1, -0.05) is 35.5 Å². The van der Waals surface area contributed by atoms with Gasteiger partial charge in [0, 0.05) is 24.1 Å². The van der Waals surface area contributed by atoms with Crippen LogP contribution >= 0.6 is 0 Å². The Morgan fingerprint density at radius 1 is 1.26 bits per heavy atom. The van der Waals surface area contributed by atoms with E-state index in [9.17, 15) is 0 Å². The van der Waals surface area contributed by atoms with Crippen LogP contribution in [-0.2, 0) is 18.3 Å². The molecule has 2 aliphatic rings. The van der Waals surface area contributed by atoms with E-state index in [1.165, 1.54) is 11.1 Å². The van der Waals surface area contributed by atoms with Crippen molar-refractivity contribution in [1.82, 2.24) is 9.78 Å². The van der Waals surface area contributed by atoms with Gasteiger partial charge in [-0.2, -0.15) is 5.10 Å². The minimum absolute atomic E-state index is 0.450. The van der Waals surface area contributed by atoms with Crippen molar-refractivity contribution in [3.8, 4) is 11.3 Å². The Morgan fingerprint density at radius 2 is 2.11 bits per heavy atom. The normalized spacial score (nSPS) is 20.5. The third kappa shape index (κ3) is 1.52. The minimum Gasteiger partial charge on any atom is -0.395 e. The standard InChI is InChI=1S/C15H15N3O/c1-18-15-12(8-7-11-9-19-17-14(11)15)13(16-18)10-5-3-2-4-6-10/h2-6,11H,7-9H2,1H3. The quantitative estimate of drug-likeness (QED) is 0.782. The summed E-state index contributed by atoms with van der Waals surface area (Å²) in [6, 6.07) is 10.4. The van der Waals surface area contributed by atoms with Gasteiger partial charge in [-0.25, -0.2) is 0 Å². The van der Waals surface area contributed by atoms with Crippen LogP contribution in [0.1, 0.15) is 17.7 Å². The Bertz CT molecular complexity index is 658. The second kappa shape index (κ2) is 3.95. The largest absolute Gasteiger partial charge is 0.395 e. The first kappa shape index (κ1) is 10.8. The van der Waals surface area contributed by atoms with Crippen molar-refractivity contribution in [3.63, 3.8) is 0 Å². The molecule has 4 rings (SSSR count). The second-order valence-corrected chi connectivity index (χ2v) is 5.17. The zero-order chi connectivity index (χ0) is 12.8. The van der Waals surface area contributed by atoms with Crippen LogP contribution in [0.5, 0.6) is 0 Å². The lowest BCUT2D eigenvalue weighted by Gasteiger charge is -2.18. The smallest absolute Gasteiger partial charge is 0.125 e. The molecule has 0 radical (unpaired) electrons. The predicted molar refractivity (Wildman–Crippen MR) is 72.9 cm³/mol. The lowest BCUT2D eigenvalue weighted by Crippen LogP contribution is -2.24. The molecule has 0 saturated carbocycles. The maximum Gasteiger partial charge on any atom is 0.125 e. The van der Waals surface area contributed by atoms with Crippen LogP contribution in [0.4, 0.5) is 0 Å². The summed E-state index contributed by atoms with van der Waals surface area (Å²) >= 11 is 0. The minimum atomic E-state index is 0.450. The summed E-state index contributed by atoms with van der Waals surface area (Å²) in [5.41, 5.74) is 5.82. The summed E-state index contributed by atoms with van der Waals surface area (Å²) in [5, 5.41) is 8.93. The van der Waals surface area contributed by atoms with E-state index in [1.54, 1.807) is 0 Å². The predicted octanol–water partition coefficient (Wildman–Crippen LogP) is 2.38. The Morgan fingerprint density at radius 3 is 2.95 bits per heavy atom. The molecule has 4 heteroatoms. The van der Waals surface area contributed by atoms with Gasteiger partial charge >= 0.3 is 0 Å². The van der Waals surface area contributed by atoms with E-state index in [4.69, 9.17) is 9.94 Å². The third-order valence-electron chi connectivity index (χ3n) is 4.00. The number of hydrogen-bond donors (Lipinski definition) is 0. The second-order valence-electron chi connectivity index (χ2n) is 5.17. The molecule has 1 aliphatic heterocycles. The van der Waals surface area contributed by atoms with E-state index in [0.717, 1.165) is 36.5 Å². The van der Waals surface area contributed by atoms with Crippen molar-refractivity contribution in [3.05, 3.63) is 41.6 Å². The van der Waals surface area contributed by atoms with Crippen LogP contribution in [0.3, 0.4) is 0 Å². The molecular formula is C15H15N3O. The number of hydrogen-bond acceptors (Lipinski definition) is 3. The van der Waals surface area contributed by atoms with Gasteiger partial charge in [0.05, 0.1) is 11.4 Å². The molecule has 0 spiro atoms. The lowest BCUT2D eigenvalue weighted by molar-refractivity contribution is 0.153. The first-order valence-corrected chi connectivity index (χ1v) is 6.66. The summed E-state index contributed by atoms with van der Waals surface area (Å²) in [4.78, 5) is 5.27. The van der Waals surface area contributed by atoms with Gasteiger partial charge in [-0.05, 0) is 12.8 Å². The summed E-state index contributed by atoms with van der Waals surface area (Å²) < 4.78 is 1.96. The molecular weight excluding hydrogens is 238 g/mol. The topological polar surface area (TPSA) is 39.4 Å². The maximum absolute atomic E-state index is 5.27. The van der Waals surface area contributed by atoms with E-state index in [0.29, 0.717) is 5.92 Å². The van der Waals surface area contributed by atoms with Crippen molar-refractivity contribution in [2.24, 2.45) is 18.1 Å². The number of oxime groups is 1. The summed E-state index contributed by atoms with van der Waals surface area (Å²) in [7, 11) is 1.99. The maximum atomic E-state index is 5.27. The first-order chi connectivity index (χ1) is 9.34.